The van der Waals surface area contributed by atoms with Crippen molar-refractivity contribution >= 4 is 8.60 Å². The van der Waals surface area contributed by atoms with Crippen molar-refractivity contribution in [3.8, 4) is 5.75 Å². The van der Waals surface area contributed by atoms with Gasteiger partial charge in [-0.3, -0.25) is 0 Å². The van der Waals surface area contributed by atoms with E-state index < -0.39 is 8.60 Å². The molecule has 0 radical (unpaired) electrons. The maximum absolute atomic E-state index is 9.81. The van der Waals surface area contributed by atoms with Crippen LogP contribution in [0.3, 0.4) is 0 Å². The fraction of sp³-hybridized carbons (Fsp3) is 0.864. The third kappa shape index (κ3) is 26.7. The molecule has 1 aromatic rings. The average molecular weight is 707 g/mol. The number of aryl methyl sites for hydroxylation is 1. The Bertz CT molecular complexity index is 831. The van der Waals surface area contributed by atoms with Crippen molar-refractivity contribution in [3.05, 3.63) is 29.3 Å². The summed E-state index contributed by atoms with van der Waals surface area (Å²) in [6.45, 7) is 8.90. The van der Waals surface area contributed by atoms with Crippen molar-refractivity contribution in [3.63, 3.8) is 0 Å². The highest BCUT2D eigenvalue weighted by atomic mass is 31.2. The molecule has 0 aliphatic rings. The molecule has 1 aromatic carbocycles. The van der Waals surface area contributed by atoms with E-state index in [1.54, 1.807) is 0 Å². The Labute approximate surface area is 307 Å². The van der Waals surface area contributed by atoms with Crippen molar-refractivity contribution < 1.29 is 19.0 Å². The second-order valence-electron chi connectivity index (χ2n) is 15.1. The topological polar surface area (TPSA) is 58.9 Å². The van der Waals surface area contributed by atoms with Crippen LogP contribution in [0.4, 0.5) is 0 Å². The van der Waals surface area contributed by atoms with Gasteiger partial charge in [-0.25, -0.2) is 0 Å². The monoisotopic (exact) mass is 707 g/mol. The highest BCUT2D eigenvalue weighted by Crippen LogP contribution is 2.33. The van der Waals surface area contributed by atoms with Gasteiger partial charge in [0, 0.05) is 0 Å². The molecule has 0 bridgehead atoms. The second kappa shape index (κ2) is 34.4. The summed E-state index contributed by atoms with van der Waals surface area (Å²) >= 11 is 0. The summed E-state index contributed by atoms with van der Waals surface area (Å²) < 4.78 is 12.4. The third-order valence-corrected chi connectivity index (χ3v) is 10.9. The van der Waals surface area contributed by atoms with Crippen molar-refractivity contribution in [2.75, 3.05) is 0 Å². The zero-order chi connectivity index (χ0) is 35.6. The van der Waals surface area contributed by atoms with Crippen LogP contribution in [-0.4, -0.2) is 22.0 Å². The molecule has 0 aromatic heterocycles. The lowest BCUT2D eigenvalue weighted by molar-refractivity contribution is 0.0482. The van der Waals surface area contributed by atoms with Gasteiger partial charge in [-0.15, -0.1) is 0 Å². The van der Waals surface area contributed by atoms with Gasteiger partial charge in [-0.2, -0.15) is 0 Å². The Morgan fingerprint density at radius 2 is 0.898 bits per heavy atom. The van der Waals surface area contributed by atoms with Crippen molar-refractivity contribution in [2.24, 2.45) is 0 Å². The van der Waals surface area contributed by atoms with Crippen molar-refractivity contribution in [2.45, 2.75) is 245 Å². The first-order chi connectivity index (χ1) is 24.0. The zero-order valence-electron chi connectivity index (χ0n) is 33.2. The minimum Gasteiger partial charge on any atom is -0.488 e. The second-order valence-corrected chi connectivity index (χ2v) is 15.8. The number of rotatable bonds is 37. The molecule has 0 aliphatic carbocycles. The Kier molecular flexibility index (Phi) is 32.6. The van der Waals surface area contributed by atoms with Crippen LogP contribution in [-0.2, 0) is 17.4 Å². The molecular weight excluding hydrogens is 623 g/mol. The Morgan fingerprint density at radius 1 is 0.510 bits per heavy atom. The van der Waals surface area contributed by atoms with Crippen LogP contribution >= 0.6 is 8.60 Å². The SMILES string of the molecule is CCCCCCCCCCCCCCCCCC(OP(O)O)C(C)Oc1cccc(CCCCCCCCC)c1CCCCCCCCC. The summed E-state index contributed by atoms with van der Waals surface area (Å²) in [5, 5.41) is 0. The molecule has 4 nitrogen and oxygen atoms in total. The van der Waals surface area contributed by atoms with Crippen LogP contribution in [0.25, 0.3) is 0 Å². The summed E-state index contributed by atoms with van der Waals surface area (Å²) in [6, 6.07) is 6.60. The highest BCUT2D eigenvalue weighted by Gasteiger charge is 2.24. The smallest absolute Gasteiger partial charge is 0.327 e. The Morgan fingerprint density at radius 3 is 1.33 bits per heavy atom. The van der Waals surface area contributed by atoms with E-state index >= 15 is 0 Å². The standard InChI is InChI=1S/C44H83O4P/c1-5-8-11-14-17-18-19-20-21-22-23-24-27-30-33-38-43(48-49(45)46)40(4)47-44-39-34-36-41(35-31-28-25-15-12-9-6-2)42(44)37-32-29-26-16-13-10-7-3/h34,36,39-40,43,45-46H,5-33,35,37-38H2,1-4H3. The number of benzene rings is 1. The van der Waals surface area contributed by atoms with E-state index in [0.29, 0.717) is 0 Å². The van der Waals surface area contributed by atoms with Crippen LogP contribution in [0.5, 0.6) is 5.75 Å². The van der Waals surface area contributed by atoms with E-state index in [1.807, 2.05) is 0 Å². The molecule has 1 rings (SSSR count). The summed E-state index contributed by atoms with van der Waals surface area (Å²) in [7, 11) is -2.42. The van der Waals surface area contributed by atoms with Crippen LogP contribution in [0.1, 0.15) is 231 Å². The first-order valence-electron chi connectivity index (χ1n) is 21.6. The van der Waals surface area contributed by atoms with Gasteiger partial charge in [0.15, 0.2) is 0 Å². The number of unbranched alkanes of at least 4 members (excludes halogenated alkanes) is 26. The van der Waals surface area contributed by atoms with Gasteiger partial charge < -0.3 is 19.0 Å². The normalized spacial score (nSPS) is 13.0. The average Bonchev–Trinajstić information content (AvgIpc) is 3.09. The van der Waals surface area contributed by atoms with E-state index in [1.165, 1.54) is 184 Å². The lowest BCUT2D eigenvalue weighted by atomic mass is 9.95. The van der Waals surface area contributed by atoms with Crippen LogP contribution in [0.2, 0.25) is 0 Å². The largest absolute Gasteiger partial charge is 0.488 e. The molecule has 0 fully saturated rings. The molecule has 49 heavy (non-hydrogen) atoms. The maximum Gasteiger partial charge on any atom is 0.327 e. The van der Waals surface area contributed by atoms with Gasteiger partial charge in [0.05, 0.1) is 0 Å². The van der Waals surface area contributed by atoms with Crippen molar-refractivity contribution in [1.29, 1.82) is 0 Å². The quantitative estimate of drug-likeness (QED) is 0.0534. The first-order valence-corrected chi connectivity index (χ1v) is 22.8. The molecule has 2 atom stereocenters. The fourth-order valence-corrected chi connectivity index (χ4v) is 7.78. The molecule has 2 unspecified atom stereocenters. The third-order valence-electron chi connectivity index (χ3n) is 10.5. The number of ether oxygens (including phenoxy) is 1. The maximum atomic E-state index is 9.81. The summed E-state index contributed by atoms with van der Waals surface area (Å²) in [4.78, 5) is 19.6. The molecule has 0 aliphatic heterocycles. The molecule has 288 valence electrons. The van der Waals surface area contributed by atoms with E-state index in [9.17, 15) is 9.79 Å². The molecule has 5 heteroatoms. The molecule has 2 N–H and O–H groups in total. The Hall–Kier alpha value is -0.670. The number of hydrogen-bond donors (Lipinski definition) is 2. The van der Waals surface area contributed by atoms with Crippen molar-refractivity contribution in [1.82, 2.24) is 0 Å². The molecule has 0 heterocycles. The molecule has 0 spiro atoms. The van der Waals surface area contributed by atoms with E-state index in [2.05, 4.69) is 45.9 Å². The van der Waals surface area contributed by atoms with Gasteiger partial charge in [-0.05, 0) is 56.2 Å². The molecule has 0 saturated carbocycles. The lowest BCUT2D eigenvalue weighted by Crippen LogP contribution is -2.31. The zero-order valence-corrected chi connectivity index (χ0v) is 34.1. The Balaban J connectivity index is 2.57. The summed E-state index contributed by atoms with van der Waals surface area (Å²) in [5.74, 6) is 0.976. The van der Waals surface area contributed by atoms with Gasteiger partial charge in [0.1, 0.15) is 18.0 Å². The predicted octanol–water partition coefficient (Wildman–Crippen LogP) is 14.9. The van der Waals surface area contributed by atoms with Crippen LogP contribution in [0, 0.1) is 0 Å². The van der Waals surface area contributed by atoms with Gasteiger partial charge >= 0.3 is 8.60 Å². The van der Waals surface area contributed by atoms with E-state index in [-0.39, 0.29) is 12.2 Å². The number of hydrogen-bond acceptors (Lipinski definition) is 4. The first kappa shape index (κ1) is 46.4. The predicted molar refractivity (Wildman–Crippen MR) is 216 cm³/mol. The van der Waals surface area contributed by atoms with Crippen LogP contribution < -0.4 is 4.74 Å². The minimum absolute atomic E-state index is 0.238. The van der Waals surface area contributed by atoms with Gasteiger partial charge in [0.2, 0.25) is 0 Å². The highest BCUT2D eigenvalue weighted by molar-refractivity contribution is 7.39. The fourth-order valence-electron chi connectivity index (χ4n) is 7.26. The molecular formula is C44H83O4P. The van der Waals surface area contributed by atoms with E-state index in [0.717, 1.165) is 37.9 Å². The van der Waals surface area contributed by atoms with E-state index in [4.69, 9.17) is 9.26 Å². The summed E-state index contributed by atoms with van der Waals surface area (Å²) in [5.41, 5.74) is 2.81. The molecule has 0 amide bonds. The van der Waals surface area contributed by atoms with Gasteiger partial charge in [-0.1, -0.05) is 206 Å². The molecule has 0 saturated heterocycles. The van der Waals surface area contributed by atoms with Crippen LogP contribution in [0.15, 0.2) is 18.2 Å². The lowest BCUT2D eigenvalue weighted by Gasteiger charge is -2.27. The minimum atomic E-state index is -2.42. The summed E-state index contributed by atoms with van der Waals surface area (Å²) in [6.07, 6.45) is 40.9. The van der Waals surface area contributed by atoms with Gasteiger partial charge in [0.25, 0.3) is 0 Å².